The molecule has 0 saturated carbocycles. The molecule has 182 valence electrons. The number of hydrogen-bond donors (Lipinski definition) is 4. The Morgan fingerprint density at radius 2 is 1.88 bits per heavy atom. The SMILES string of the molecule is CC1C/C=C\S(=O)C(O)C(O)C/C=C/c2cc(OCc3ccc(O)c(Cl)c3)cc(O)c2C(=O)O1. The van der Waals surface area contributed by atoms with E-state index < -0.39 is 34.4 Å². The van der Waals surface area contributed by atoms with E-state index in [0.29, 0.717) is 5.56 Å². The van der Waals surface area contributed by atoms with Crippen molar-refractivity contribution in [2.75, 3.05) is 0 Å². The van der Waals surface area contributed by atoms with Crippen molar-refractivity contribution in [3.05, 3.63) is 69.6 Å². The van der Waals surface area contributed by atoms with Crippen molar-refractivity contribution in [3.8, 4) is 17.2 Å². The number of carbonyl (C=O) groups excluding carboxylic acids is 1. The average molecular weight is 509 g/mol. The van der Waals surface area contributed by atoms with Gasteiger partial charge in [0.15, 0.2) is 5.44 Å². The van der Waals surface area contributed by atoms with Crippen LogP contribution in [0.1, 0.15) is 41.3 Å². The third kappa shape index (κ3) is 6.60. The minimum atomic E-state index is -1.82. The summed E-state index contributed by atoms with van der Waals surface area (Å²) in [5.41, 5.74) is -0.625. The highest BCUT2D eigenvalue weighted by Gasteiger charge is 2.23. The molecule has 4 unspecified atom stereocenters. The topological polar surface area (TPSA) is 134 Å². The third-order valence-corrected chi connectivity index (χ3v) is 6.55. The van der Waals surface area contributed by atoms with Gasteiger partial charge in [-0.25, -0.2) is 4.79 Å². The fraction of sp³-hybridized carbons (Fsp3) is 0.292. The summed E-state index contributed by atoms with van der Waals surface area (Å²) in [6, 6.07) is 7.41. The zero-order valence-corrected chi connectivity index (χ0v) is 19.8. The first-order valence-electron chi connectivity index (χ1n) is 10.4. The smallest absolute Gasteiger partial charge is 0.342 e. The van der Waals surface area contributed by atoms with Crippen LogP contribution in [0.2, 0.25) is 5.02 Å². The lowest BCUT2D eigenvalue weighted by Gasteiger charge is -2.17. The van der Waals surface area contributed by atoms with Gasteiger partial charge in [-0.1, -0.05) is 35.9 Å². The van der Waals surface area contributed by atoms with Crippen LogP contribution in [0.25, 0.3) is 6.08 Å². The normalized spacial score (nSPS) is 25.5. The highest BCUT2D eigenvalue weighted by molar-refractivity contribution is 7.88. The summed E-state index contributed by atoms with van der Waals surface area (Å²) < 4.78 is 23.2. The molecule has 0 bridgehead atoms. The van der Waals surface area contributed by atoms with Crippen LogP contribution in [0.15, 0.2) is 47.9 Å². The highest BCUT2D eigenvalue weighted by Crippen LogP contribution is 2.31. The average Bonchev–Trinajstić information content (AvgIpc) is 2.78. The van der Waals surface area contributed by atoms with Crippen molar-refractivity contribution < 1.29 is 38.9 Å². The number of aliphatic hydroxyl groups excluding tert-OH is 2. The molecule has 3 rings (SSSR count). The van der Waals surface area contributed by atoms with Crippen LogP contribution < -0.4 is 4.74 Å². The largest absolute Gasteiger partial charge is 0.507 e. The minimum Gasteiger partial charge on any atom is -0.507 e. The zero-order chi connectivity index (χ0) is 24.8. The number of phenolic OH excluding ortho intramolecular Hbond substituents is 2. The quantitative estimate of drug-likeness (QED) is 0.462. The van der Waals surface area contributed by atoms with E-state index in [4.69, 9.17) is 21.1 Å². The lowest BCUT2D eigenvalue weighted by Crippen LogP contribution is -2.28. The fourth-order valence-corrected chi connectivity index (χ4v) is 4.27. The number of fused-ring (bicyclic) bond motifs is 1. The molecule has 0 spiro atoms. The van der Waals surface area contributed by atoms with Gasteiger partial charge in [0.05, 0.1) is 21.9 Å². The predicted molar refractivity (Wildman–Crippen MR) is 128 cm³/mol. The van der Waals surface area contributed by atoms with Crippen molar-refractivity contribution in [1.29, 1.82) is 0 Å². The number of halogens is 1. The van der Waals surface area contributed by atoms with Crippen molar-refractivity contribution in [1.82, 2.24) is 0 Å². The molecule has 0 aliphatic carbocycles. The van der Waals surface area contributed by atoms with Crippen molar-refractivity contribution in [3.63, 3.8) is 0 Å². The molecule has 34 heavy (non-hydrogen) atoms. The lowest BCUT2D eigenvalue weighted by molar-refractivity contribution is 0.0344. The Bertz CT molecular complexity index is 1130. The Kier molecular flexibility index (Phi) is 8.73. The number of aliphatic hydroxyl groups is 2. The summed E-state index contributed by atoms with van der Waals surface area (Å²) in [5, 5.41) is 41.8. The third-order valence-electron chi connectivity index (χ3n) is 4.99. The number of rotatable bonds is 3. The lowest BCUT2D eigenvalue weighted by atomic mass is 10.0. The Morgan fingerprint density at radius 3 is 2.62 bits per heavy atom. The number of carbonyl (C=O) groups is 1. The number of aromatic hydroxyl groups is 2. The number of cyclic esters (lactones) is 1. The number of ether oxygens (including phenoxy) is 2. The Balaban J connectivity index is 1.91. The van der Waals surface area contributed by atoms with E-state index in [0.717, 1.165) is 0 Å². The van der Waals surface area contributed by atoms with E-state index in [-0.39, 0.29) is 52.8 Å². The number of hydrogen-bond acceptors (Lipinski definition) is 8. The van der Waals surface area contributed by atoms with E-state index >= 15 is 0 Å². The van der Waals surface area contributed by atoms with Gasteiger partial charge in [-0.05, 0) is 42.7 Å². The molecule has 0 radical (unpaired) electrons. The van der Waals surface area contributed by atoms with Gasteiger partial charge in [-0.15, -0.1) is 0 Å². The van der Waals surface area contributed by atoms with Gasteiger partial charge in [-0.2, -0.15) is 0 Å². The maximum absolute atomic E-state index is 12.8. The molecule has 0 amide bonds. The summed E-state index contributed by atoms with van der Waals surface area (Å²) in [6.07, 6.45) is 2.73. The Morgan fingerprint density at radius 1 is 1.12 bits per heavy atom. The van der Waals surface area contributed by atoms with Gasteiger partial charge in [0.1, 0.15) is 35.5 Å². The molecule has 0 aromatic heterocycles. The molecule has 0 saturated heterocycles. The van der Waals surface area contributed by atoms with E-state index in [9.17, 15) is 29.4 Å². The molecular weight excluding hydrogens is 484 g/mol. The monoisotopic (exact) mass is 508 g/mol. The minimum absolute atomic E-state index is 0.0521. The zero-order valence-electron chi connectivity index (χ0n) is 18.3. The maximum atomic E-state index is 12.8. The first kappa shape index (κ1) is 25.8. The molecule has 1 aliphatic heterocycles. The van der Waals surface area contributed by atoms with Gasteiger partial charge < -0.3 is 29.9 Å². The molecule has 4 N–H and O–H groups in total. The second kappa shape index (κ2) is 11.5. The summed E-state index contributed by atoms with van der Waals surface area (Å²) in [5.74, 6) is -0.924. The van der Waals surface area contributed by atoms with Crippen LogP contribution in [0.3, 0.4) is 0 Å². The van der Waals surface area contributed by atoms with E-state index in [1.54, 1.807) is 19.1 Å². The fourth-order valence-electron chi connectivity index (χ4n) is 3.18. The first-order chi connectivity index (χ1) is 16.2. The van der Waals surface area contributed by atoms with Crippen molar-refractivity contribution in [2.24, 2.45) is 0 Å². The summed E-state index contributed by atoms with van der Waals surface area (Å²) in [4.78, 5) is 12.8. The van der Waals surface area contributed by atoms with Crippen LogP contribution in [-0.2, 0) is 22.1 Å². The Hall–Kier alpha value is -2.85. The second-order valence-electron chi connectivity index (χ2n) is 7.73. The van der Waals surface area contributed by atoms with Crippen LogP contribution in [0.4, 0.5) is 0 Å². The van der Waals surface area contributed by atoms with E-state index in [1.165, 1.54) is 41.8 Å². The van der Waals surface area contributed by atoms with E-state index in [2.05, 4.69) is 0 Å². The van der Waals surface area contributed by atoms with Crippen LogP contribution in [0.5, 0.6) is 17.2 Å². The molecule has 4 atom stereocenters. The van der Waals surface area contributed by atoms with Gasteiger partial charge in [0, 0.05) is 17.9 Å². The van der Waals surface area contributed by atoms with Crippen LogP contribution in [-0.4, -0.2) is 48.2 Å². The molecule has 0 fully saturated rings. The highest BCUT2D eigenvalue weighted by atomic mass is 35.5. The summed E-state index contributed by atoms with van der Waals surface area (Å²) in [6.45, 7) is 1.71. The van der Waals surface area contributed by atoms with Crippen LogP contribution in [0, 0.1) is 0 Å². The molecule has 1 heterocycles. The molecule has 8 nitrogen and oxygen atoms in total. The van der Waals surface area contributed by atoms with Gasteiger partial charge in [-0.3, -0.25) is 4.21 Å². The summed E-state index contributed by atoms with van der Waals surface area (Å²) >= 11 is 5.92. The van der Waals surface area contributed by atoms with Crippen molar-refractivity contribution in [2.45, 2.75) is 44.0 Å². The number of esters is 1. The number of benzene rings is 2. The predicted octanol–water partition coefficient (Wildman–Crippen LogP) is 3.62. The Labute approximate surface area is 204 Å². The second-order valence-corrected chi connectivity index (χ2v) is 9.55. The van der Waals surface area contributed by atoms with Crippen LogP contribution >= 0.6 is 11.6 Å². The standard InChI is InChI=1S/C24H25ClO8S/c1-14-4-3-9-34(31)24(30)20(27)6-2-5-16-11-17(12-21(28)22(16)23(29)33-14)32-13-15-7-8-19(26)18(25)10-15/h2-3,5,7-12,14,20,24,26-28,30H,4,6,13H2,1H3/b5-2+,9-3-. The van der Waals surface area contributed by atoms with Gasteiger partial charge in [0.2, 0.25) is 0 Å². The number of phenols is 2. The molecular formula is C24H25ClO8S. The van der Waals surface area contributed by atoms with Gasteiger partial charge >= 0.3 is 5.97 Å². The first-order valence-corrected chi connectivity index (χ1v) is 12.1. The molecule has 2 aromatic carbocycles. The van der Waals surface area contributed by atoms with E-state index in [1.807, 2.05) is 0 Å². The molecule has 2 aromatic rings. The van der Waals surface area contributed by atoms with Gasteiger partial charge in [0.25, 0.3) is 0 Å². The summed E-state index contributed by atoms with van der Waals surface area (Å²) in [7, 11) is -1.82. The molecule has 10 heteroatoms. The maximum Gasteiger partial charge on any atom is 0.342 e. The van der Waals surface area contributed by atoms with Crippen molar-refractivity contribution >= 4 is 34.4 Å². The molecule has 1 aliphatic rings.